The third-order valence-electron chi connectivity index (χ3n) is 5.80. The van der Waals surface area contributed by atoms with Gasteiger partial charge >= 0.3 is 0 Å². The van der Waals surface area contributed by atoms with Crippen LogP contribution in [0.25, 0.3) is 0 Å². The summed E-state index contributed by atoms with van der Waals surface area (Å²) in [4.78, 5) is 0. The maximum Gasteiger partial charge on any atom is 0.132 e. The molecule has 126 valence electrons. The fourth-order valence-electron chi connectivity index (χ4n) is 4.41. The Balaban J connectivity index is 1.94. The van der Waals surface area contributed by atoms with Gasteiger partial charge in [-0.15, -0.1) is 0 Å². The Kier molecular flexibility index (Phi) is 4.13. The highest BCUT2D eigenvalue weighted by Gasteiger charge is 2.56. The summed E-state index contributed by atoms with van der Waals surface area (Å²) in [6, 6.07) is 31.0. The van der Waals surface area contributed by atoms with Crippen LogP contribution in [0.4, 0.5) is 0 Å². The van der Waals surface area contributed by atoms with Gasteiger partial charge in [-0.3, -0.25) is 0 Å². The van der Waals surface area contributed by atoms with E-state index in [0.29, 0.717) is 0 Å². The average Bonchev–Trinajstić information content (AvgIpc) is 2.97. The van der Waals surface area contributed by atoms with E-state index in [4.69, 9.17) is 0 Å². The third kappa shape index (κ3) is 2.50. The lowest BCUT2D eigenvalue weighted by Crippen LogP contribution is -2.24. The lowest BCUT2D eigenvalue weighted by atomic mass is 9.94. The zero-order valence-corrected chi connectivity index (χ0v) is 15.4. The Morgan fingerprint density at radius 2 is 1.32 bits per heavy atom. The summed E-state index contributed by atoms with van der Waals surface area (Å²) in [5.74, 6) is 0. The molecule has 2 heteroatoms. The molecule has 0 saturated carbocycles. The van der Waals surface area contributed by atoms with Gasteiger partial charge in [-0.05, 0) is 30.9 Å². The molecular weight excluding hydrogens is 323 g/mol. The van der Waals surface area contributed by atoms with Crippen molar-refractivity contribution in [3.05, 3.63) is 102 Å². The van der Waals surface area contributed by atoms with Crippen molar-refractivity contribution >= 4 is 12.4 Å². The molecule has 0 aliphatic carbocycles. The molecule has 1 nitrogen and oxygen atoms in total. The van der Waals surface area contributed by atoms with Crippen LogP contribution in [0, 0.1) is 0 Å². The lowest BCUT2D eigenvalue weighted by Gasteiger charge is -2.36. The number of hydrogen-bond acceptors (Lipinski definition) is 1. The summed E-state index contributed by atoms with van der Waals surface area (Å²) in [7, 11) is -2.70. The first-order valence-electron chi connectivity index (χ1n) is 8.92. The molecule has 0 radical (unpaired) electrons. The van der Waals surface area contributed by atoms with Crippen LogP contribution in [-0.4, -0.2) is 0 Å². The van der Waals surface area contributed by atoms with Crippen molar-refractivity contribution in [2.45, 2.75) is 30.6 Å². The third-order valence-corrected chi connectivity index (χ3v) is 10.2. The van der Waals surface area contributed by atoms with Crippen molar-refractivity contribution < 1.29 is 4.57 Å². The topological polar surface area (TPSA) is 17.1 Å². The lowest BCUT2D eigenvalue weighted by molar-refractivity contribution is 0.548. The van der Waals surface area contributed by atoms with Gasteiger partial charge in [-0.25, -0.2) is 0 Å². The fourth-order valence-corrected chi connectivity index (χ4v) is 8.72. The van der Waals surface area contributed by atoms with Gasteiger partial charge in [0.15, 0.2) is 0 Å². The standard InChI is InChI=1S/C23H23OP/c1-23(20-13-7-3-8-14-20)18-17-22(19-11-5-2-6-12-19)25(23,24)21-15-9-4-10-16-21/h2-16,22H,17-18H2,1H3. The molecule has 3 aromatic carbocycles. The van der Waals surface area contributed by atoms with E-state index >= 15 is 0 Å². The minimum Gasteiger partial charge on any atom is -0.317 e. The second-order valence-corrected chi connectivity index (χ2v) is 10.5. The molecule has 0 bridgehead atoms. The quantitative estimate of drug-likeness (QED) is 0.522. The first kappa shape index (κ1) is 16.4. The van der Waals surface area contributed by atoms with E-state index in [1.807, 2.05) is 30.3 Å². The summed E-state index contributed by atoms with van der Waals surface area (Å²) in [5, 5.41) is 0.684. The Morgan fingerprint density at radius 1 is 0.800 bits per heavy atom. The maximum absolute atomic E-state index is 14.8. The molecule has 1 aliphatic rings. The van der Waals surface area contributed by atoms with Gasteiger partial charge in [-0.1, -0.05) is 91.0 Å². The fraction of sp³-hybridized carbons (Fsp3) is 0.217. The van der Waals surface area contributed by atoms with Gasteiger partial charge < -0.3 is 4.57 Å². The molecule has 1 aliphatic heterocycles. The zero-order valence-electron chi connectivity index (χ0n) is 14.5. The number of rotatable bonds is 3. The molecule has 0 aromatic heterocycles. The van der Waals surface area contributed by atoms with Crippen LogP contribution in [0.5, 0.6) is 0 Å². The summed E-state index contributed by atoms with van der Waals surface area (Å²) in [6.45, 7) is 2.21. The van der Waals surface area contributed by atoms with Gasteiger partial charge in [-0.2, -0.15) is 0 Å². The number of benzene rings is 3. The molecule has 0 amide bonds. The van der Waals surface area contributed by atoms with Crippen molar-refractivity contribution in [3.63, 3.8) is 0 Å². The molecular formula is C23H23OP. The van der Waals surface area contributed by atoms with Gasteiger partial charge in [0.25, 0.3) is 0 Å². The van der Waals surface area contributed by atoms with Gasteiger partial charge in [0.1, 0.15) is 7.14 Å². The molecule has 3 unspecified atom stereocenters. The number of hydrogen-bond donors (Lipinski definition) is 0. The van der Waals surface area contributed by atoms with Gasteiger partial charge in [0, 0.05) is 11.0 Å². The van der Waals surface area contributed by atoms with Crippen LogP contribution in [0.2, 0.25) is 0 Å². The summed E-state index contributed by atoms with van der Waals surface area (Å²) in [5.41, 5.74) is 2.48. The molecule has 3 atom stereocenters. The largest absolute Gasteiger partial charge is 0.317 e. The van der Waals surface area contributed by atoms with Crippen molar-refractivity contribution in [2.75, 3.05) is 0 Å². The first-order valence-corrected chi connectivity index (χ1v) is 10.7. The monoisotopic (exact) mass is 346 g/mol. The molecule has 1 saturated heterocycles. The van der Waals surface area contributed by atoms with Crippen LogP contribution in [0.3, 0.4) is 0 Å². The second kappa shape index (κ2) is 6.32. The zero-order chi connectivity index (χ0) is 17.3. The Hall–Kier alpha value is -2.11. The molecule has 3 aromatic rings. The van der Waals surface area contributed by atoms with Gasteiger partial charge in [0.05, 0.1) is 5.16 Å². The van der Waals surface area contributed by atoms with Crippen LogP contribution < -0.4 is 5.30 Å². The summed E-state index contributed by atoms with van der Waals surface area (Å²) < 4.78 is 14.8. The highest BCUT2D eigenvalue weighted by Crippen LogP contribution is 2.78. The highest BCUT2D eigenvalue weighted by atomic mass is 31.2. The van der Waals surface area contributed by atoms with E-state index < -0.39 is 7.14 Å². The smallest absolute Gasteiger partial charge is 0.132 e. The molecule has 0 spiro atoms. The van der Waals surface area contributed by atoms with Crippen LogP contribution in [-0.2, 0) is 9.72 Å². The summed E-state index contributed by atoms with van der Waals surface area (Å²) in [6.07, 6.45) is 1.91. The normalized spacial score (nSPS) is 28.8. The van der Waals surface area contributed by atoms with E-state index in [9.17, 15) is 4.57 Å². The minimum absolute atomic E-state index is 0.0845. The minimum atomic E-state index is -2.70. The predicted octanol–water partition coefficient (Wildman–Crippen LogP) is 6.13. The second-order valence-electron chi connectivity index (χ2n) is 7.10. The van der Waals surface area contributed by atoms with Crippen molar-refractivity contribution in [1.29, 1.82) is 0 Å². The SMILES string of the molecule is CC1(c2ccccc2)CCC(c2ccccc2)P1(=O)c1ccccc1. The van der Waals surface area contributed by atoms with Crippen molar-refractivity contribution in [2.24, 2.45) is 0 Å². The Bertz CT molecular complexity index is 889. The van der Waals surface area contributed by atoms with Crippen LogP contribution >= 0.6 is 7.14 Å². The highest BCUT2D eigenvalue weighted by molar-refractivity contribution is 7.73. The van der Waals surface area contributed by atoms with E-state index in [1.54, 1.807) is 0 Å². The molecule has 0 N–H and O–H groups in total. The molecule has 1 fully saturated rings. The Labute approximate surface area is 150 Å². The van der Waals surface area contributed by atoms with E-state index in [0.717, 1.165) is 18.1 Å². The molecule has 25 heavy (non-hydrogen) atoms. The summed E-state index contributed by atoms with van der Waals surface area (Å²) >= 11 is 0. The van der Waals surface area contributed by atoms with Gasteiger partial charge in [0.2, 0.25) is 0 Å². The first-order chi connectivity index (χ1) is 12.2. The van der Waals surface area contributed by atoms with Crippen LogP contribution in [0.1, 0.15) is 36.6 Å². The molecule has 4 rings (SSSR count). The van der Waals surface area contributed by atoms with Crippen molar-refractivity contribution in [3.8, 4) is 0 Å². The average molecular weight is 346 g/mol. The molecule has 1 heterocycles. The van der Waals surface area contributed by atoms with Crippen molar-refractivity contribution in [1.82, 2.24) is 0 Å². The van der Waals surface area contributed by atoms with E-state index in [2.05, 4.69) is 67.6 Å². The Morgan fingerprint density at radius 3 is 1.92 bits per heavy atom. The van der Waals surface area contributed by atoms with Crippen LogP contribution in [0.15, 0.2) is 91.0 Å². The van der Waals surface area contributed by atoms with E-state index in [-0.39, 0.29) is 10.8 Å². The predicted molar refractivity (Wildman–Crippen MR) is 106 cm³/mol. The van der Waals surface area contributed by atoms with E-state index in [1.165, 1.54) is 11.1 Å². The maximum atomic E-state index is 14.8.